The van der Waals surface area contributed by atoms with Gasteiger partial charge in [-0.15, -0.1) is 0 Å². The summed E-state index contributed by atoms with van der Waals surface area (Å²) in [5, 5.41) is 0. The van der Waals surface area contributed by atoms with Crippen molar-refractivity contribution in [1.29, 1.82) is 0 Å². The van der Waals surface area contributed by atoms with E-state index in [-0.39, 0.29) is 24.3 Å². The second-order valence-electron chi connectivity index (χ2n) is 9.08. The number of rotatable bonds is 7. The predicted molar refractivity (Wildman–Crippen MR) is 137 cm³/mol. The first-order valence-electron chi connectivity index (χ1n) is 12.4. The molecule has 1 spiro atoms. The van der Waals surface area contributed by atoms with Crippen LogP contribution in [0.1, 0.15) is 32.3 Å². The van der Waals surface area contributed by atoms with Crippen molar-refractivity contribution >= 4 is 29.5 Å². The number of para-hydroxylation sites is 1. The predicted octanol–water partition coefficient (Wildman–Crippen LogP) is 3.24. The summed E-state index contributed by atoms with van der Waals surface area (Å²) in [6.07, 6.45) is 4.49. The van der Waals surface area contributed by atoms with Crippen LogP contribution in [-0.2, 0) is 14.4 Å². The van der Waals surface area contributed by atoms with Gasteiger partial charge in [-0.2, -0.15) is 0 Å². The third-order valence-corrected chi connectivity index (χ3v) is 7.14. The summed E-state index contributed by atoms with van der Waals surface area (Å²) >= 11 is 0. The molecule has 2 aliphatic heterocycles. The minimum absolute atomic E-state index is 0.0196. The van der Waals surface area contributed by atoms with Gasteiger partial charge < -0.3 is 19.6 Å². The molecule has 2 aromatic rings. The summed E-state index contributed by atoms with van der Waals surface area (Å²) in [6, 6.07) is 19.6. The fraction of sp³-hybridized carbons (Fsp3) is 0.393. The maximum Gasteiger partial charge on any atom is 0.250 e. The molecule has 0 N–H and O–H groups in total. The van der Waals surface area contributed by atoms with Crippen LogP contribution in [0.3, 0.4) is 0 Å². The molecule has 2 aromatic carbocycles. The molecular weight excluding hydrogens is 440 g/mol. The highest BCUT2D eigenvalue weighted by Gasteiger charge is 2.54. The van der Waals surface area contributed by atoms with Crippen LogP contribution < -0.4 is 4.90 Å². The Kier molecular flexibility index (Phi) is 7.54. The van der Waals surface area contributed by atoms with Gasteiger partial charge >= 0.3 is 0 Å². The van der Waals surface area contributed by atoms with Crippen molar-refractivity contribution in [3.8, 4) is 0 Å². The van der Waals surface area contributed by atoms with Crippen LogP contribution in [0.15, 0.2) is 66.7 Å². The molecule has 184 valence electrons. The lowest BCUT2D eigenvalue weighted by atomic mass is 9.85. The van der Waals surface area contributed by atoms with E-state index in [9.17, 15) is 14.4 Å². The number of carbonyl (C=O) groups excluding carboxylic acids is 3. The van der Waals surface area contributed by atoms with Gasteiger partial charge in [0.15, 0.2) is 0 Å². The van der Waals surface area contributed by atoms with E-state index in [1.54, 1.807) is 15.9 Å². The zero-order valence-electron chi connectivity index (χ0n) is 20.6. The largest absolute Gasteiger partial charge is 0.342 e. The van der Waals surface area contributed by atoms with Crippen molar-refractivity contribution in [1.82, 2.24) is 14.7 Å². The van der Waals surface area contributed by atoms with E-state index < -0.39 is 5.54 Å². The van der Waals surface area contributed by atoms with Crippen LogP contribution >= 0.6 is 0 Å². The van der Waals surface area contributed by atoms with E-state index in [1.807, 2.05) is 85.5 Å². The Bertz CT molecular complexity index is 1060. The fourth-order valence-corrected chi connectivity index (χ4v) is 5.10. The summed E-state index contributed by atoms with van der Waals surface area (Å²) in [4.78, 5) is 46.8. The minimum Gasteiger partial charge on any atom is -0.342 e. The minimum atomic E-state index is -0.745. The normalized spacial score (nSPS) is 17.4. The lowest BCUT2D eigenvalue weighted by Gasteiger charge is -2.43. The highest BCUT2D eigenvalue weighted by atomic mass is 16.2. The number of carbonyl (C=O) groups is 3. The Balaban J connectivity index is 1.51. The molecule has 0 aliphatic carbocycles. The van der Waals surface area contributed by atoms with Crippen molar-refractivity contribution in [2.75, 3.05) is 44.3 Å². The number of piperidine rings is 1. The average Bonchev–Trinajstić information content (AvgIpc) is 3.15. The number of amides is 3. The molecule has 2 fully saturated rings. The molecule has 7 heteroatoms. The number of hydrogen-bond donors (Lipinski definition) is 0. The number of likely N-dealkylation sites (tertiary alicyclic amines) is 1. The van der Waals surface area contributed by atoms with Crippen molar-refractivity contribution in [3.63, 3.8) is 0 Å². The van der Waals surface area contributed by atoms with Crippen molar-refractivity contribution in [2.45, 2.75) is 32.2 Å². The summed E-state index contributed by atoms with van der Waals surface area (Å²) in [7, 11) is 0. The maximum absolute atomic E-state index is 13.8. The van der Waals surface area contributed by atoms with Gasteiger partial charge in [-0.3, -0.25) is 14.4 Å². The summed E-state index contributed by atoms with van der Waals surface area (Å²) in [5.74, 6) is -0.102. The third kappa shape index (κ3) is 5.09. The van der Waals surface area contributed by atoms with E-state index in [1.165, 1.54) is 0 Å². The second-order valence-corrected chi connectivity index (χ2v) is 9.08. The van der Waals surface area contributed by atoms with Gasteiger partial charge in [0.1, 0.15) is 12.1 Å². The van der Waals surface area contributed by atoms with E-state index >= 15 is 0 Å². The van der Waals surface area contributed by atoms with Gasteiger partial charge in [-0.05, 0) is 50.5 Å². The first-order valence-corrected chi connectivity index (χ1v) is 12.4. The lowest BCUT2D eigenvalue weighted by molar-refractivity contribution is -0.141. The molecule has 3 amide bonds. The quantitative estimate of drug-likeness (QED) is 0.578. The molecule has 4 rings (SSSR count). The number of likely N-dealkylation sites (N-methyl/N-ethyl adjacent to an activating group) is 1. The van der Waals surface area contributed by atoms with E-state index in [4.69, 9.17) is 0 Å². The number of hydrogen-bond acceptors (Lipinski definition) is 4. The molecule has 0 unspecified atom stereocenters. The fourth-order valence-electron chi connectivity index (χ4n) is 5.10. The Morgan fingerprint density at radius 1 is 0.943 bits per heavy atom. The molecule has 2 aliphatic rings. The first kappa shape index (κ1) is 24.5. The van der Waals surface area contributed by atoms with Crippen LogP contribution in [0.4, 0.5) is 5.69 Å². The maximum atomic E-state index is 13.8. The van der Waals surface area contributed by atoms with Gasteiger partial charge in [0.05, 0.1) is 6.67 Å². The topological polar surface area (TPSA) is 64.2 Å². The van der Waals surface area contributed by atoms with Crippen LogP contribution in [-0.4, -0.2) is 77.4 Å². The second kappa shape index (κ2) is 10.8. The molecule has 2 heterocycles. The molecular formula is C28H34N4O3. The van der Waals surface area contributed by atoms with Gasteiger partial charge in [0.2, 0.25) is 11.8 Å². The zero-order chi connectivity index (χ0) is 24.8. The molecule has 0 aromatic heterocycles. The smallest absolute Gasteiger partial charge is 0.250 e. The zero-order valence-corrected chi connectivity index (χ0v) is 20.6. The average molecular weight is 475 g/mol. The number of nitrogens with zero attached hydrogens (tertiary/aromatic N) is 4. The van der Waals surface area contributed by atoms with E-state index in [2.05, 4.69) is 4.90 Å². The summed E-state index contributed by atoms with van der Waals surface area (Å²) < 4.78 is 0. The van der Waals surface area contributed by atoms with Gasteiger partial charge in [-0.25, -0.2) is 0 Å². The number of anilines is 1. The molecule has 0 saturated carbocycles. The molecule has 0 atom stereocenters. The monoisotopic (exact) mass is 474 g/mol. The lowest BCUT2D eigenvalue weighted by Crippen LogP contribution is -2.57. The molecule has 35 heavy (non-hydrogen) atoms. The van der Waals surface area contributed by atoms with Crippen LogP contribution in [0.25, 0.3) is 6.08 Å². The van der Waals surface area contributed by atoms with Gasteiger partial charge in [-0.1, -0.05) is 48.5 Å². The summed E-state index contributed by atoms with van der Waals surface area (Å²) in [6.45, 7) is 6.58. The standard InChI is InChI=1S/C28H34N4O3/c1-3-29(4-2)26(34)21-31-22-32(24-13-9-6-10-14-24)28(27(31)35)17-19-30(20-18-28)25(33)16-15-23-11-7-5-8-12-23/h5-16H,3-4,17-22H2,1-2H3/b16-15+. The van der Waals surface area contributed by atoms with Crippen LogP contribution in [0.2, 0.25) is 0 Å². The molecule has 0 radical (unpaired) electrons. The third-order valence-electron chi connectivity index (χ3n) is 7.14. The van der Waals surface area contributed by atoms with E-state index in [0.717, 1.165) is 11.3 Å². The Hall–Kier alpha value is -3.61. The number of benzene rings is 2. The van der Waals surface area contributed by atoms with Crippen molar-refractivity contribution < 1.29 is 14.4 Å². The Morgan fingerprint density at radius 2 is 1.54 bits per heavy atom. The van der Waals surface area contributed by atoms with Crippen LogP contribution in [0, 0.1) is 0 Å². The molecule has 7 nitrogen and oxygen atoms in total. The first-order chi connectivity index (χ1) is 17.0. The molecule has 2 saturated heterocycles. The van der Waals surface area contributed by atoms with Crippen molar-refractivity contribution in [3.05, 3.63) is 72.3 Å². The Labute approximate surface area is 207 Å². The van der Waals surface area contributed by atoms with Gasteiger partial charge in [0.25, 0.3) is 5.91 Å². The SMILES string of the molecule is CCN(CC)C(=O)CN1CN(c2ccccc2)C2(CCN(C(=O)/C=C/c3ccccc3)CC2)C1=O. The Morgan fingerprint density at radius 3 is 2.14 bits per heavy atom. The van der Waals surface area contributed by atoms with Gasteiger partial charge in [0, 0.05) is 37.9 Å². The van der Waals surface area contributed by atoms with E-state index in [0.29, 0.717) is 45.7 Å². The summed E-state index contributed by atoms with van der Waals surface area (Å²) in [5.41, 5.74) is 1.19. The highest BCUT2D eigenvalue weighted by Crippen LogP contribution is 2.39. The van der Waals surface area contributed by atoms with Crippen molar-refractivity contribution in [2.24, 2.45) is 0 Å². The molecule has 0 bridgehead atoms. The highest BCUT2D eigenvalue weighted by molar-refractivity contribution is 5.97. The van der Waals surface area contributed by atoms with Crippen LogP contribution in [0.5, 0.6) is 0 Å².